The molecule has 204 valence electrons. The molecular weight excluding hydrogens is 539 g/mol. The standard InChI is InChI=1S/C37H27O4P/c38-42(39)40-35-31(29-13-5-9-23-7-1-3-11-27(23)29)17-15-25-19-21-37(33(25)35)22-20-26-16-18-32(36(41-42)34(26)37)30-14-6-10-24-8-2-4-12-28(24)30/h1-18H,19-22H2,(H,38,39). The van der Waals surface area contributed by atoms with E-state index in [1.807, 2.05) is 36.4 Å². The molecule has 1 spiro atoms. The van der Waals surface area contributed by atoms with Crippen LogP contribution in [0.2, 0.25) is 0 Å². The van der Waals surface area contributed by atoms with Crippen molar-refractivity contribution < 1.29 is 18.5 Å². The van der Waals surface area contributed by atoms with Crippen molar-refractivity contribution in [2.24, 2.45) is 0 Å². The summed E-state index contributed by atoms with van der Waals surface area (Å²) in [5, 5.41) is 4.38. The van der Waals surface area contributed by atoms with Crippen molar-refractivity contribution in [1.82, 2.24) is 0 Å². The van der Waals surface area contributed by atoms with Crippen molar-refractivity contribution in [3.8, 4) is 33.8 Å². The van der Waals surface area contributed by atoms with Gasteiger partial charge in [0.05, 0.1) is 0 Å². The maximum absolute atomic E-state index is 14.0. The van der Waals surface area contributed by atoms with Crippen LogP contribution >= 0.6 is 7.82 Å². The number of hydrogen-bond donors (Lipinski definition) is 1. The minimum absolute atomic E-state index is 0.350. The molecule has 9 rings (SSSR count). The zero-order valence-electron chi connectivity index (χ0n) is 22.8. The van der Waals surface area contributed by atoms with Gasteiger partial charge in [0.2, 0.25) is 0 Å². The van der Waals surface area contributed by atoms with Crippen molar-refractivity contribution in [3.63, 3.8) is 0 Å². The Balaban J connectivity index is 1.36. The summed E-state index contributed by atoms with van der Waals surface area (Å²) in [6, 6.07) is 37.4. The van der Waals surface area contributed by atoms with Gasteiger partial charge >= 0.3 is 7.82 Å². The minimum atomic E-state index is -4.58. The summed E-state index contributed by atoms with van der Waals surface area (Å²) in [4.78, 5) is 11.4. The van der Waals surface area contributed by atoms with E-state index in [0.717, 1.165) is 80.6 Å². The zero-order valence-corrected chi connectivity index (χ0v) is 23.7. The van der Waals surface area contributed by atoms with Gasteiger partial charge in [0.1, 0.15) is 11.5 Å². The molecule has 1 heterocycles. The molecule has 2 aliphatic carbocycles. The van der Waals surface area contributed by atoms with Crippen molar-refractivity contribution in [1.29, 1.82) is 0 Å². The molecule has 1 N–H and O–H groups in total. The highest BCUT2D eigenvalue weighted by Crippen LogP contribution is 2.65. The molecule has 3 aliphatic rings. The topological polar surface area (TPSA) is 55.8 Å². The predicted molar refractivity (Wildman–Crippen MR) is 167 cm³/mol. The summed E-state index contributed by atoms with van der Waals surface area (Å²) in [6.07, 6.45) is 3.59. The average Bonchev–Trinajstić information content (AvgIpc) is 3.57. The van der Waals surface area contributed by atoms with E-state index in [1.165, 1.54) is 11.1 Å². The highest BCUT2D eigenvalue weighted by molar-refractivity contribution is 7.48. The van der Waals surface area contributed by atoms with E-state index >= 15 is 0 Å². The van der Waals surface area contributed by atoms with Gasteiger partial charge in [-0.05, 0) is 69.5 Å². The Labute approximate surface area is 243 Å². The second kappa shape index (κ2) is 8.58. The largest absolute Gasteiger partial charge is 0.584 e. The minimum Gasteiger partial charge on any atom is -0.394 e. The Morgan fingerprint density at radius 1 is 0.548 bits per heavy atom. The summed E-state index contributed by atoms with van der Waals surface area (Å²) in [5.74, 6) is 0.975. The SMILES string of the molecule is O=P1(O)Oc2c(-c3cccc4ccccc34)ccc3c2C2(CC3)CCc3ccc(-c4cccc5ccccc45)c(c32)O1. The smallest absolute Gasteiger partial charge is 0.394 e. The van der Waals surface area contributed by atoms with Crippen LogP contribution in [0.4, 0.5) is 0 Å². The van der Waals surface area contributed by atoms with Crippen LogP contribution in [0.5, 0.6) is 11.5 Å². The number of phosphoric ester groups is 1. The number of phosphoric acid groups is 1. The van der Waals surface area contributed by atoms with Crippen molar-refractivity contribution in [2.75, 3.05) is 0 Å². The van der Waals surface area contributed by atoms with Crippen LogP contribution in [0.25, 0.3) is 43.8 Å². The van der Waals surface area contributed by atoms with Gasteiger partial charge < -0.3 is 9.05 Å². The summed E-state index contributed by atoms with van der Waals surface area (Å²) < 4.78 is 26.5. The first kappa shape index (κ1) is 24.2. The molecule has 42 heavy (non-hydrogen) atoms. The summed E-state index contributed by atoms with van der Waals surface area (Å²) >= 11 is 0. The highest BCUT2D eigenvalue weighted by atomic mass is 31.2. The van der Waals surface area contributed by atoms with Crippen molar-refractivity contribution in [3.05, 3.63) is 131 Å². The number of rotatable bonds is 2. The molecule has 4 nitrogen and oxygen atoms in total. The quantitative estimate of drug-likeness (QED) is 0.212. The Morgan fingerprint density at radius 3 is 1.50 bits per heavy atom. The Hall–Kier alpha value is -4.37. The normalized spacial score (nSPS) is 17.2. The summed E-state index contributed by atoms with van der Waals surface area (Å²) in [5.41, 5.74) is 7.75. The van der Waals surface area contributed by atoms with E-state index in [9.17, 15) is 9.46 Å². The van der Waals surface area contributed by atoms with Gasteiger partial charge in [-0.2, -0.15) is 0 Å². The number of aryl methyl sites for hydroxylation is 2. The monoisotopic (exact) mass is 566 g/mol. The lowest BCUT2D eigenvalue weighted by Gasteiger charge is -2.34. The van der Waals surface area contributed by atoms with Crippen molar-refractivity contribution >= 4 is 29.4 Å². The number of fused-ring (bicyclic) bond motifs is 2. The maximum Gasteiger partial charge on any atom is 0.584 e. The van der Waals surface area contributed by atoms with Crippen LogP contribution in [0, 0.1) is 0 Å². The fourth-order valence-corrected chi connectivity index (χ4v) is 8.82. The summed E-state index contributed by atoms with van der Waals surface area (Å²) in [6.45, 7) is 0. The third kappa shape index (κ3) is 3.31. The van der Waals surface area contributed by atoms with E-state index in [0.29, 0.717) is 11.5 Å². The lowest BCUT2D eigenvalue weighted by Crippen LogP contribution is -2.25. The molecule has 0 aromatic heterocycles. The third-order valence-corrected chi connectivity index (χ3v) is 10.5. The molecule has 0 unspecified atom stereocenters. The first-order valence-corrected chi connectivity index (χ1v) is 16.0. The molecule has 0 saturated heterocycles. The van der Waals surface area contributed by atoms with Gasteiger partial charge in [-0.1, -0.05) is 109 Å². The number of hydrogen-bond acceptors (Lipinski definition) is 3. The molecule has 6 aromatic rings. The predicted octanol–water partition coefficient (Wildman–Crippen LogP) is 9.38. The van der Waals surface area contributed by atoms with E-state index < -0.39 is 7.82 Å². The van der Waals surface area contributed by atoms with Crippen molar-refractivity contribution in [2.45, 2.75) is 31.1 Å². The molecule has 0 saturated carbocycles. The zero-order chi connectivity index (χ0) is 28.1. The maximum atomic E-state index is 14.0. The molecule has 5 heteroatoms. The molecule has 0 atom stereocenters. The Bertz CT molecular complexity index is 2000. The second-order valence-corrected chi connectivity index (χ2v) is 13.0. The van der Waals surface area contributed by atoms with E-state index in [1.54, 1.807) is 0 Å². The lowest BCUT2D eigenvalue weighted by molar-refractivity contribution is 0.281. The van der Waals surface area contributed by atoms with Crippen LogP contribution in [0.1, 0.15) is 35.1 Å². The van der Waals surface area contributed by atoms with Gasteiger partial charge in [-0.25, -0.2) is 4.57 Å². The first-order valence-electron chi connectivity index (χ1n) is 14.5. The molecule has 0 bridgehead atoms. The summed E-state index contributed by atoms with van der Waals surface area (Å²) in [7, 11) is -4.58. The van der Waals surface area contributed by atoms with Gasteiger partial charge in [-0.15, -0.1) is 0 Å². The van der Waals surface area contributed by atoms with E-state index in [-0.39, 0.29) is 5.41 Å². The van der Waals surface area contributed by atoms with Crippen LogP contribution in [0.15, 0.2) is 109 Å². The van der Waals surface area contributed by atoms with Crippen LogP contribution < -0.4 is 9.05 Å². The molecule has 0 fully saturated rings. The van der Waals surface area contributed by atoms with Gasteiger partial charge in [0.15, 0.2) is 0 Å². The number of benzene rings is 6. The highest BCUT2D eigenvalue weighted by Gasteiger charge is 2.52. The van der Waals surface area contributed by atoms with E-state index in [4.69, 9.17) is 9.05 Å². The van der Waals surface area contributed by atoms with Gasteiger partial charge in [0, 0.05) is 27.7 Å². The Kier molecular flexibility index (Phi) is 4.95. The molecule has 0 amide bonds. The van der Waals surface area contributed by atoms with Gasteiger partial charge in [0.25, 0.3) is 0 Å². The second-order valence-electron chi connectivity index (χ2n) is 11.7. The third-order valence-electron chi connectivity index (χ3n) is 9.66. The molecule has 6 aromatic carbocycles. The van der Waals surface area contributed by atoms with Crippen LogP contribution in [0.3, 0.4) is 0 Å². The molecular formula is C37H27O4P. The molecule has 0 radical (unpaired) electrons. The Morgan fingerprint density at radius 2 is 1.00 bits per heavy atom. The van der Waals surface area contributed by atoms with E-state index in [2.05, 4.69) is 72.8 Å². The lowest BCUT2D eigenvalue weighted by atomic mass is 9.74. The average molecular weight is 567 g/mol. The first-order chi connectivity index (χ1) is 20.5. The fraction of sp³-hybridized carbons (Fsp3) is 0.135. The van der Waals surface area contributed by atoms with Crippen LogP contribution in [-0.4, -0.2) is 4.89 Å². The fourth-order valence-electron chi connectivity index (χ4n) is 7.94. The van der Waals surface area contributed by atoms with Crippen LogP contribution in [-0.2, 0) is 22.8 Å². The molecule has 1 aliphatic heterocycles. The van der Waals surface area contributed by atoms with Gasteiger partial charge in [-0.3, -0.25) is 4.89 Å².